The summed E-state index contributed by atoms with van der Waals surface area (Å²) >= 11 is 5.94. The third-order valence-electron chi connectivity index (χ3n) is 5.28. The fraction of sp³-hybridized carbons (Fsp3) is 0.348. The van der Waals surface area contributed by atoms with E-state index in [1.807, 2.05) is 9.80 Å². The molecule has 3 rings (SSSR count). The molecule has 33 heavy (non-hydrogen) atoms. The van der Waals surface area contributed by atoms with E-state index >= 15 is 0 Å². The van der Waals surface area contributed by atoms with Crippen LogP contribution in [0.1, 0.15) is 20.7 Å². The highest BCUT2D eigenvalue weighted by atomic mass is 35.5. The number of rotatable bonds is 9. The van der Waals surface area contributed by atoms with Gasteiger partial charge < -0.3 is 25.4 Å². The van der Waals surface area contributed by atoms with Crippen molar-refractivity contribution in [1.82, 2.24) is 10.2 Å². The van der Waals surface area contributed by atoms with Gasteiger partial charge in [0.05, 0.1) is 24.4 Å². The number of nitrogens with zero attached hydrogens (tertiary/aromatic N) is 2. The number of benzene rings is 2. The molecule has 0 aliphatic carbocycles. The van der Waals surface area contributed by atoms with Crippen molar-refractivity contribution >= 4 is 40.8 Å². The van der Waals surface area contributed by atoms with Gasteiger partial charge in [-0.1, -0.05) is 17.7 Å². The maximum absolute atomic E-state index is 12.5. The van der Waals surface area contributed by atoms with Crippen molar-refractivity contribution in [3.8, 4) is 0 Å². The lowest BCUT2D eigenvalue weighted by molar-refractivity contribution is -0.122. The van der Waals surface area contributed by atoms with Gasteiger partial charge in [0.15, 0.2) is 0 Å². The average Bonchev–Trinajstić information content (AvgIpc) is 2.80. The molecule has 0 atom stereocenters. The lowest BCUT2D eigenvalue weighted by Gasteiger charge is -2.36. The Morgan fingerprint density at radius 1 is 1.09 bits per heavy atom. The summed E-state index contributed by atoms with van der Waals surface area (Å²) < 4.78 is 4.92. The van der Waals surface area contributed by atoms with Gasteiger partial charge >= 0.3 is 5.97 Å². The van der Waals surface area contributed by atoms with Gasteiger partial charge in [-0.25, -0.2) is 4.79 Å². The zero-order valence-corrected chi connectivity index (χ0v) is 19.1. The molecule has 0 unspecified atom stereocenters. The second-order valence-electron chi connectivity index (χ2n) is 7.61. The first-order valence-corrected chi connectivity index (χ1v) is 10.9. The predicted octanol–water partition coefficient (Wildman–Crippen LogP) is 2.18. The molecule has 1 aliphatic rings. The molecule has 2 aromatic carbocycles. The molecule has 176 valence electrons. The first-order valence-electron chi connectivity index (χ1n) is 10.5. The highest BCUT2D eigenvalue weighted by Crippen LogP contribution is 2.26. The van der Waals surface area contributed by atoms with Crippen LogP contribution in [-0.4, -0.2) is 80.8 Å². The van der Waals surface area contributed by atoms with Crippen LogP contribution in [0, 0.1) is 0 Å². The van der Waals surface area contributed by atoms with Crippen LogP contribution in [0.5, 0.6) is 0 Å². The van der Waals surface area contributed by atoms with Gasteiger partial charge in [-0.15, -0.1) is 0 Å². The maximum atomic E-state index is 12.5. The monoisotopic (exact) mass is 474 g/mol. The Labute approximate surface area is 197 Å². The Bertz CT molecular complexity index is 1010. The minimum absolute atomic E-state index is 0.0634. The number of methoxy groups -OCH3 is 1. The van der Waals surface area contributed by atoms with E-state index in [9.17, 15) is 19.5 Å². The Morgan fingerprint density at radius 3 is 2.52 bits per heavy atom. The molecule has 0 saturated carbocycles. The second-order valence-corrected chi connectivity index (χ2v) is 8.04. The van der Waals surface area contributed by atoms with Gasteiger partial charge in [0.2, 0.25) is 5.91 Å². The summed E-state index contributed by atoms with van der Waals surface area (Å²) in [6.45, 7) is 3.65. The number of carboxylic acids is 1. The fourth-order valence-electron chi connectivity index (χ4n) is 3.59. The predicted molar refractivity (Wildman–Crippen MR) is 126 cm³/mol. The van der Waals surface area contributed by atoms with E-state index in [1.54, 1.807) is 43.5 Å². The number of aromatic carboxylic acids is 1. The number of ether oxygens (including phenoxy) is 1. The normalized spacial score (nSPS) is 14.1. The number of nitrogens with one attached hydrogen (secondary N) is 2. The van der Waals surface area contributed by atoms with E-state index < -0.39 is 5.97 Å². The highest BCUT2D eigenvalue weighted by molar-refractivity contribution is 6.31. The van der Waals surface area contributed by atoms with Crippen molar-refractivity contribution in [2.45, 2.75) is 0 Å². The molecule has 0 bridgehead atoms. The largest absolute Gasteiger partial charge is 0.478 e. The number of carbonyl (C=O) groups is 3. The van der Waals surface area contributed by atoms with Gasteiger partial charge in [0.1, 0.15) is 0 Å². The zero-order valence-electron chi connectivity index (χ0n) is 18.3. The summed E-state index contributed by atoms with van der Waals surface area (Å²) in [7, 11) is 1.58. The second kappa shape index (κ2) is 11.6. The molecular formula is C23H27ClN4O5. The molecule has 1 aliphatic heterocycles. The maximum Gasteiger partial charge on any atom is 0.337 e. The molecule has 3 N–H and O–H groups in total. The molecule has 1 fully saturated rings. The molecule has 0 aromatic heterocycles. The molecule has 9 nitrogen and oxygen atoms in total. The summed E-state index contributed by atoms with van der Waals surface area (Å²) in [5, 5.41) is 15.7. The lowest BCUT2D eigenvalue weighted by Crippen LogP contribution is -2.50. The van der Waals surface area contributed by atoms with Crippen molar-refractivity contribution in [3.05, 3.63) is 58.6 Å². The minimum atomic E-state index is -1.08. The summed E-state index contributed by atoms with van der Waals surface area (Å²) in [6, 6.07) is 11.3. The molecule has 1 heterocycles. The average molecular weight is 475 g/mol. The molecule has 2 aromatic rings. The number of piperazine rings is 1. The zero-order chi connectivity index (χ0) is 23.8. The van der Waals surface area contributed by atoms with Crippen LogP contribution in [0.3, 0.4) is 0 Å². The van der Waals surface area contributed by atoms with Crippen LogP contribution >= 0.6 is 11.6 Å². The standard InChI is InChI=1S/C23H27ClN4O5/c1-33-12-7-25-21(29)15-27-8-10-28(11-9-27)20-6-5-18(14-19(20)23(31)32)26-22(30)16-3-2-4-17(24)13-16/h2-6,13-14H,7-12,15H2,1H3,(H,25,29)(H,26,30)(H,31,32). The Kier molecular flexibility index (Phi) is 8.65. The van der Waals surface area contributed by atoms with E-state index in [0.29, 0.717) is 61.3 Å². The lowest BCUT2D eigenvalue weighted by atomic mass is 10.1. The molecule has 1 saturated heterocycles. The van der Waals surface area contributed by atoms with Crippen LogP contribution in [0.4, 0.5) is 11.4 Å². The van der Waals surface area contributed by atoms with E-state index in [2.05, 4.69) is 10.6 Å². The van der Waals surface area contributed by atoms with Crippen LogP contribution in [0.25, 0.3) is 0 Å². The van der Waals surface area contributed by atoms with Crippen molar-refractivity contribution in [2.75, 3.05) is 63.2 Å². The molecule has 2 amide bonds. The summed E-state index contributed by atoms with van der Waals surface area (Å²) in [5.74, 6) is -1.52. The Morgan fingerprint density at radius 2 is 1.85 bits per heavy atom. The quantitative estimate of drug-likeness (QED) is 0.477. The van der Waals surface area contributed by atoms with Gasteiger partial charge in [0.25, 0.3) is 5.91 Å². The van der Waals surface area contributed by atoms with Gasteiger partial charge in [-0.05, 0) is 36.4 Å². The van der Waals surface area contributed by atoms with Crippen LogP contribution < -0.4 is 15.5 Å². The number of hydrogen-bond donors (Lipinski definition) is 3. The number of carboxylic acid groups (broad SMARTS) is 1. The Balaban J connectivity index is 1.62. The number of anilines is 2. The van der Waals surface area contributed by atoms with Crippen LogP contribution in [-0.2, 0) is 9.53 Å². The number of amides is 2. The van der Waals surface area contributed by atoms with Crippen LogP contribution in [0.2, 0.25) is 5.02 Å². The molecule has 0 radical (unpaired) electrons. The topological polar surface area (TPSA) is 111 Å². The smallest absolute Gasteiger partial charge is 0.337 e. The number of hydrogen-bond acceptors (Lipinski definition) is 6. The van der Waals surface area contributed by atoms with Gasteiger partial charge in [-0.2, -0.15) is 0 Å². The van der Waals surface area contributed by atoms with E-state index in [1.165, 1.54) is 6.07 Å². The fourth-order valence-corrected chi connectivity index (χ4v) is 3.78. The van der Waals surface area contributed by atoms with Crippen molar-refractivity contribution in [3.63, 3.8) is 0 Å². The number of carbonyl (C=O) groups excluding carboxylic acids is 2. The van der Waals surface area contributed by atoms with Crippen molar-refractivity contribution in [2.24, 2.45) is 0 Å². The third kappa shape index (κ3) is 6.92. The highest BCUT2D eigenvalue weighted by Gasteiger charge is 2.23. The summed E-state index contributed by atoms with van der Waals surface area (Å²) in [6.07, 6.45) is 0. The first-order chi connectivity index (χ1) is 15.9. The van der Waals surface area contributed by atoms with Gasteiger partial charge in [-0.3, -0.25) is 14.5 Å². The summed E-state index contributed by atoms with van der Waals surface area (Å²) in [4.78, 5) is 40.4. The molecule has 10 heteroatoms. The number of halogens is 1. The first kappa shape index (κ1) is 24.5. The van der Waals surface area contributed by atoms with E-state index in [-0.39, 0.29) is 23.9 Å². The minimum Gasteiger partial charge on any atom is -0.478 e. The van der Waals surface area contributed by atoms with E-state index in [4.69, 9.17) is 16.3 Å². The molecular weight excluding hydrogens is 448 g/mol. The third-order valence-corrected chi connectivity index (χ3v) is 5.52. The van der Waals surface area contributed by atoms with Crippen molar-refractivity contribution in [1.29, 1.82) is 0 Å². The van der Waals surface area contributed by atoms with Crippen molar-refractivity contribution < 1.29 is 24.2 Å². The SMILES string of the molecule is COCCNC(=O)CN1CCN(c2ccc(NC(=O)c3cccc(Cl)c3)cc2C(=O)O)CC1. The van der Waals surface area contributed by atoms with Crippen LogP contribution in [0.15, 0.2) is 42.5 Å². The van der Waals surface area contributed by atoms with E-state index in [0.717, 1.165) is 0 Å². The van der Waals surface area contributed by atoms with Gasteiger partial charge in [0, 0.05) is 56.1 Å². The summed E-state index contributed by atoms with van der Waals surface area (Å²) in [5.41, 5.74) is 1.44. The molecule has 0 spiro atoms. The Hall–Kier alpha value is -3.14.